The molecule has 2 saturated heterocycles. The molecule has 2 aliphatic heterocycles. The van der Waals surface area contributed by atoms with E-state index in [1.165, 1.54) is 0 Å². The summed E-state index contributed by atoms with van der Waals surface area (Å²) in [5.74, 6) is 1.08. The van der Waals surface area contributed by atoms with Crippen molar-refractivity contribution < 1.29 is 14.3 Å². The third kappa shape index (κ3) is 5.57. The summed E-state index contributed by atoms with van der Waals surface area (Å²) >= 11 is 0. The third-order valence-electron chi connectivity index (χ3n) is 6.38. The minimum absolute atomic E-state index is 0.0415. The summed E-state index contributed by atoms with van der Waals surface area (Å²) in [4.78, 5) is 36.9. The number of ether oxygens (including phenoxy) is 1. The number of anilines is 1. The molecule has 0 radical (unpaired) electrons. The lowest BCUT2D eigenvalue weighted by molar-refractivity contribution is 0.0244. The molecular weight excluding hydrogens is 416 g/mol. The Bertz CT molecular complexity index is 1010. The highest BCUT2D eigenvalue weighted by Crippen LogP contribution is 2.29. The maximum Gasteiger partial charge on any atom is 0.410 e. The maximum atomic E-state index is 13.7. The predicted molar refractivity (Wildman–Crippen MR) is 131 cm³/mol. The Morgan fingerprint density at radius 2 is 1.85 bits per heavy atom. The van der Waals surface area contributed by atoms with Crippen LogP contribution in [0, 0.1) is 5.92 Å². The number of para-hydroxylation sites is 1. The number of benzene rings is 1. The van der Waals surface area contributed by atoms with Gasteiger partial charge in [0.05, 0.1) is 11.1 Å². The van der Waals surface area contributed by atoms with Gasteiger partial charge in [-0.15, -0.1) is 0 Å². The average molecular weight is 453 g/mol. The molecule has 7 heteroatoms. The van der Waals surface area contributed by atoms with E-state index in [9.17, 15) is 9.59 Å². The van der Waals surface area contributed by atoms with E-state index >= 15 is 0 Å². The van der Waals surface area contributed by atoms with Crippen LogP contribution in [0.1, 0.15) is 56.8 Å². The van der Waals surface area contributed by atoms with Crippen molar-refractivity contribution in [3.05, 3.63) is 35.9 Å². The Balaban J connectivity index is 1.51. The van der Waals surface area contributed by atoms with Crippen LogP contribution in [0.5, 0.6) is 0 Å². The minimum Gasteiger partial charge on any atom is -0.444 e. The lowest BCUT2D eigenvalue weighted by Crippen LogP contribution is -2.45. The molecule has 0 saturated carbocycles. The van der Waals surface area contributed by atoms with Crippen LogP contribution >= 0.6 is 0 Å². The van der Waals surface area contributed by atoms with Gasteiger partial charge in [0.25, 0.3) is 5.91 Å². The monoisotopic (exact) mass is 452 g/mol. The number of hydrogen-bond acceptors (Lipinski definition) is 5. The number of hydrogen-bond donors (Lipinski definition) is 0. The van der Waals surface area contributed by atoms with Crippen LogP contribution in [-0.4, -0.2) is 72.2 Å². The second-order valence-electron chi connectivity index (χ2n) is 10.4. The summed E-state index contributed by atoms with van der Waals surface area (Å²) in [5.41, 5.74) is 1.10. The normalized spacial score (nSPS) is 19.1. The number of carbonyl (C=O) groups excluding carboxylic acids is 2. The zero-order chi connectivity index (χ0) is 23.6. The molecule has 4 rings (SSSR count). The van der Waals surface area contributed by atoms with E-state index < -0.39 is 5.60 Å². The van der Waals surface area contributed by atoms with Crippen LogP contribution in [-0.2, 0) is 4.74 Å². The molecule has 7 nitrogen and oxygen atoms in total. The Morgan fingerprint density at radius 1 is 1.12 bits per heavy atom. The molecule has 1 aromatic carbocycles. The molecule has 0 aliphatic carbocycles. The summed E-state index contributed by atoms with van der Waals surface area (Å²) in [6, 6.07) is 10.0. The van der Waals surface area contributed by atoms with Gasteiger partial charge in [0.1, 0.15) is 11.4 Å². The zero-order valence-corrected chi connectivity index (χ0v) is 20.3. The number of nitrogens with zero attached hydrogens (tertiary/aromatic N) is 4. The van der Waals surface area contributed by atoms with Crippen molar-refractivity contribution >= 4 is 28.7 Å². The van der Waals surface area contributed by atoms with Gasteiger partial charge in [0, 0.05) is 45.2 Å². The highest BCUT2D eigenvalue weighted by atomic mass is 16.6. The molecule has 2 amide bonds. The first-order chi connectivity index (χ1) is 15.7. The molecule has 1 unspecified atom stereocenters. The number of amides is 2. The molecule has 3 heterocycles. The van der Waals surface area contributed by atoms with E-state index in [1.54, 1.807) is 11.9 Å². The molecule has 33 heavy (non-hydrogen) atoms. The van der Waals surface area contributed by atoms with E-state index in [0.29, 0.717) is 18.7 Å². The molecule has 2 aliphatic rings. The Hall–Kier alpha value is -2.83. The first kappa shape index (κ1) is 23.3. The minimum atomic E-state index is -0.519. The van der Waals surface area contributed by atoms with E-state index in [1.807, 2.05) is 56.0 Å². The lowest BCUT2D eigenvalue weighted by atomic mass is 9.96. The molecule has 0 N–H and O–H groups in total. The molecule has 0 spiro atoms. The van der Waals surface area contributed by atoms with Crippen molar-refractivity contribution in [1.29, 1.82) is 0 Å². The molecular formula is C26H36N4O3. The number of pyridine rings is 1. The smallest absolute Gasteiger partial charge is 0.410 e. The van der Waals surface area contributed by atoms with Gasteiger partial charge in [-0.3, -0.25) is 4.79 Å². The summed E-state index contributed by atoms with van der Waals surface area (Å²) in [6.07, 6.45) is 3.86. The number of fused-ring (bicyclic) bond motifs is 1. The molecule has 2 fully saturated rings. The van der Waals surface area contributed by atoms with Gasteiger partial charge < -0.3 is 19.4 Å². The van der Waals surface area contributed by atoms with Gasteiger partial charge >= 0.3 is 6.09 Å². The van der Waals surface area contributed by atoms with Crippen molar-refractivity contribution in [3.8, 4) is 0 Å². The number of aromatic nitrogens is 1. The van der Waals surface area contributed by atoms with Gasteiger partial charge in [-0.05, 0) is 64.5 Å². The van der Waals surface area contributed by atoms with Crippen molar-refractivity contribution in [2.24, 2.45) is 5.92 Å². The average Bonchev–Trinajstić information content (AvgIpc) is 3.31. The van der Waals surface area contributed by atoms with Crippen LogP contribution in [0.2, 0.25) is 0 Å². The highest BCUT2D eigenvalue weighted by Gasteiger charge is 2.30. The Morgan fingerprint density at radius 3 is 2.58 bits per heavy atom. The second-order valence-corrected chi connectivity index (χ2v) is 10.4. The Kier molecular flexibility index (Phi) is 6.77. The first-order valence-corrected chi connectivity index (χ1v) is 12.1. The van der Waals surface area contributed by atoms with Crippen LogP contribution in [0.25, 0.3) is 10.9 Å². The second kappa shape index (κ2) is 9.57. The van der Waals surface area contributed by atoms with Crippen molar-refractivity contribution in [2.45, 2.75) is 52.1 Å². The van der Waals surface area contributed by atoms with Crippen molar-refractivity contribution in [3.63, 3.8) is 0 Å². The maximum absolute atomic E-state index is 13.7. The summed E-state index contributed by atoms with van der Waals surface area (Å²) in [6.45, 7) is 9.44. The van der Waals surface area contributed by atoms with Crippen LogP contribution in [0.3, 0.4) is 0 Å². The quantitative estimate of drug-likeness (QED) is 0.681. The van der Waals surface area contributed by atoms with Crippen molar-refractivity contribution in [2.75, 3.05) is 44.7 Å². The predicted octanol–water partition coefficient (Wildman–Crippen LogP) is 4.55. The molecule has 2 aromatic rings. The highest BCUT2D eigenvalue weighted by molar-refractivity contribution is 6.02. The summed E-state index contributed by atoms with van der Waals surface area (Å²) in [5, 5.41) is 0.988. The van der Waals surface area contributed by atoms with Gasteiger partial charge in [0.15, 0.2) is 0 Å². The van der Waals surface area contributed by atoms with E-state index in [-0.39, 0.29) is 17.9 Å². The van der Waals surface area contributed by atoms with E-state index in [2.05, 4.69) is 4.90 Å². The zero-order valence-electron chi connectivity index (χ0n) is 20.3. The van der Waals surface area contributed by atoms with Crippen LogP contribution < -0.4 is 4.90 Å². The van der Waals surface area contributed by atoms with Gasteiger partial charge in [-0.2, -0.15) is 0 Å². The molecule has 0 bridgehead atoms. The fourth-order valence-corrected chi connectivity index (χ4v) is 4.80. The van der Waals surface area contributed by atoms with E-state index in [0.717, 1.165) is 62.0 Å². The Labute approximate surface area is 196 Å². The largest absolute Gasteiger partial charge is 0.444 e. The van der Waals surface area contributed by atoms with Gasteiger partial charge in [-0.1, -0.05) is 18.2 Å². The first-order valence-electron chi connectivity index (χ1n) is 12.1. The van der Waals surface area contributed by atoms with Crippen LogP contribution in [0.4, 0.5) is 10.6 Å². The molecule has 1 atom stereocenters. The fraction of sp³-hybridized carbons (Fsp3) is 0.577. The summed E-state index contributed by atoms with van der Waals surface area (Å²) < 4.78 is 5.49. The van der Waals surface area contributed by atoms with Crippen LogP contribution in [0.15, 0.2) is 30.3 Å². The number of carbonyl (C=O) groups is 2. The fourth-order valence-electron chi connectivity index (χ4n) is 4.80. The van der Waals surface area contributed by atoms with Gasteiger partial charge in [0.2, 0.25) is 0 Å². The summed E-state index contributed by atoms with van der Waals surface area (Å²) in [7, 11) is 1.77. The van der Waals surface area contributed by atoms with Gasteiger partial charge in [-0.25, -0.2) is 9.78 Å². The molecule has 1 aromatic heterocycles. The topological polar surface area (TPSA) is 66.0 Å². The number of rotatable bonds is 4. The van der Waals surface area contributed by atoms with Crippen molar-refractivity contribution in [1.82, 2.24) is 14.8 Å². The van der Waals surface area contributed by atoms with E-state index in [4.69, 9.17) is 9.72 Å². The lowest BCUT2D eigenvalue weighted by Gasteiger charge is -2.35. The standard InChI is InChI=1S/C26H36N4O3/c1-26(2,3)33-25(32)28(4)17-19-10-9-15-30(18-19)24(31)21-16-20-11-5-6-12-22(20)27-23(21)29-13-7-8-14-29/h5-6,11-12,16,19H,7-10,13-15,17-18H2,1-4H3. The SMILES string of the molecule is CN(CC1CCCN(C(=O)c2cc3ccccc3nc2N2CCCC2)C1)C(=O)OC(C)(C)C. The third-order valence-corrected chi connectivity index (χ3v) is 6.38. The number of piperidine rings is 1. The molecule has 178 valence electrons. The number of likely N-dealkylation sites (tertiary alicyclic amines) is 1.